The van der Waals surface area contributed by atoms with Crippen molar-refractivity contribution in [1.29, 1.82) is 0 Å². The lowest BCUT2D eigenvalue weighted by Crippen LogP contribution is -1.79. The summed E-state index contributed by atoms with van der Waals surface area (Å²) < 4.78 is 0. The van der Waals surface area contributed by atoms with Gasteiger partial charge in [0.2, 0.25) is 0 Å². The molecule has 7 heavy (non-hydrogen) atoms. The molecule has 36 valence electrons. The number of anilines is 1. The van der Waals surface area contributed by atoms with Gasteiger partial charge >= 0.3 is 0 Å². The summed E-state index contributed by atoms with van der Waals surface area (Å²) in [5, 5.41) is 0. The molecule has 0 spiro atoms. The smallest absolute Gasteiger partial charge is 0.0313 e. The number of benzene rings is 1. The van der Waals surface area contributed by atoms with E-state index in [1.54, 1.807) is 0 Å². The fourth-order valence-electron chi connectivity index (χ4n) is 0.453. The van der Waals surface area contributed by atoms with Gasteiger partial charge in [0, 0.05) is 5.69 Å². The van der Waals surface area contributed by atoms with Crippen molar-refractivity contribution in [1.82, 2.24) is 0 Å². The van der Waals surface area contributed by atoms with E-state index in [0.29, 0.717) is 0 Å². The Morgan fingerprint density at radius 3 is 1.86 bits per heavy atom. The van der Waals surface area contributed by atoms with Gasteiger partial charge < -0.3 is 5.73 Å². The third kappa shape index (κ3) is 0.929. The molecule has 1 rings (SSSR count). The summed E-state index contributed by atoms with van der Waals surface area (Å²) >= 11 is 0. The molecular formula is C6H7N. The first-order valence-electron chi connectivity index (χ1n) is 2.20. The molecular weight excluding hydrogens is 92.0 g/mol. The molecule has 1 nitrogen and oxygen atoms in total. The monoisotopic (exact) mass is 99.1 g/mol. The maximum absolute atomic E-state index is 5.36. The van der Waals surface area contributed by atoms with Crippen LogP contribution in [0.4, 0.5) is 5.69 Å². The highest BCUT2D eigenvalue weighted by molar-refractivity contribution is 5.35. The topological polar surface area (TPSA) is 26.0 Å². The number of para-hydroxylation sites is 1. The molecule has 0 aliphatic heterocycles. The summed E-state index contributed by atoms with van der Waals surface area (Å²) in [6.45, 7) is 0. The van der Waals surface area contributed by atoms with Crippen molar-refractivity contribution in [3.05, 3.63) is 30.3 Å². The Labute approximate surface area is 42.8 Å². The Morgan fingerprint density at radius 1 is 1.00 bits per heavy atom. The second-order valence-corrected chi connectivity index (χ2v) is 1.41. The average Bonchev–Trinajstić information content (AvgIpc) is 1.69. The summed E-state index contributed by atoms with van der Waals surface area (Å²) in [6, 6.07) is 9.49. The van der Waals surface area contributed by atoms with E-state index in [9.17, 15) is 0 Å². The van der Waals surface area contributed by atoms with Crippen molar-refractivity contribution in [3.8, 4) is 0 Å². The molecule has 1 aromatic rings. The van der Waals surface area contributed by atoms with Crippen LogP contribution in [0, 0.1) is 0 Å². The van der Waals surface area contributed by atoms with Gasteiger partial charge in [-0.1, -0.05) is 18.2 Å². The third-order valence-corrected chi connectivity index (χ3v) is 0.800. The van der Waals surface area contributed by atoms with Gasteiger partial charge in [0.1, 0.15) is 0 Å². The number of nitrogen functional groups attached to an aromatic ring is 1. The van der Waals surface area contributed by atoms with E-state index in [2.05, 4.69) is 0 Å². The Bertz CT molecular complexity index is 134. The molecule has 0 saturated heterocycles. The van der Waals surface area contributed by atoms with Crippen LogP contribution in [0.25, 0.3) is 0 Å². The number of rotatable bonds is 0. The lowest BCUT2D eigenvalue weighted by Gasteiger charge is -1.83. The standard InChI is InChI=1S/C6H7N/c7-6-4-2-1-3-5-6/h1-5H,7H2/i1+1,2+1,3+1,4+1,5+1,6+1. The molecule has 0 unspecified atom stereocenters. The zero-order valence-electron chi connectivity index (χ0n) is 3.96. The van der Waals surface area contributed by atoms with Gasteiger partial charge in [0.25, 0.3) is 0 Å². The first-order chi connectivity index (χ1) is 3.39. The molecule has 0 fully saturated rings. The SMILES string of the molecule is N[13c]1[13cH][13cH][13cH][13cH][13cH]1. The molecule has 0 radical (unpaired) electrons. The number of hydrogen-bond acceptors (Lipinski definition) is 1. The minimum absolute atomic E-state index is 0.822. The van der Waals surface area contributed by atoms with Crippen molar-refractivity contribution in [2.24, 2.45) is 0 Å². The Hall–Kier alpha value is -0.980. The van der Waals surface area contributed by atoms with E-state index in [0.717, 1.165) is 5.69 Å². The predicted octanol–water partition coefficient (Wildman–Crippen LogP) is 1.27. The van der Waals surface area contributed by atoms with Gasteiger partial charge in [0.15, 0.2) is 0 Å². The molecule has 1 heteroatoms. The normalized spacial score (nSPS) is 8.57. The van der Waals surface area contributed by atoms with Crippen molar-refractivity contribution < 1.29 is 0 Å². The fraction of sp³-hybridized carbons (Fsp3) is 0. The molecule has 0 aliphatic rings. The molecule has 2 N–H and O–H groups in total. The summed E-state index contributed by atoms with van der Waals surface area (Å²) in [6.07, 6.45) is 0. The first kappa shape index (κ1) is 4.19. The molecule has 0 aliphatic carbocycles. The molecule has 0 atom stereocenters. The maximum atomic E-state index is 5.36. The van der Waals surface area contributed by atoms with Crippen LogP contribution >= 0.6 is 0 Å². The largest absolute Gasteiger partial charge is 0.399 e. The van der Waals surface area contributed by atoms with Gasteiger partial charge in [-0.05, 0) is 12.1 Å². The highest BCUT2D eigenvalue weighted by Gasteiger charge is 1.72. The van der Waals surface area contributed by atoms with Gasteiger partial charge in [-0.15, -0.1) is 0 Å². The second-order valence-electron chi connectivity index (χ2n) is 1.41. The Morgan fingerprint density at radius 2 is 1.57 bits per heavy atom. The number of hydrogen-bond donors (Lipinski definition) is 1. The predicted molar refractivity (Wildman–Crippen MR) is 30.9 cm³/mol. The van der Waals surface area contributed by atoms with Crippen LogP contribution in [0.5, 0.6) is 0 Å². The highest BCUT2D eigenvalue weighted by atomic mass is 15.0. The summed E-state index contributed by atoms with van der Waals surface area (Å²) in [4.78, 5) is 0. The highest BCUT2D eigenvalue weighted by Crippen LogP contribution is 1.95. The minimum Gasteiger partial charge on any atom is -0.399 e. The zero-order valence-corrected chi connectivity index (χ0v) is 3.96. The fourth-order valence-corrected chi connectivity index (χ4v) is 0.453. The van der Waals surface area contributed by atoms with E-state index in [-0.39, 0.29) is 0 Å². The molecule has 0 saturated carbocycles. The summed E-state index contributed by atoms with van der Waals surface area (Å²) in [7, 11) is 0. The van der Waals surface area contributed by atoms with Crippen LogP contribution in [0.3, 0.4) is 0 Å². The second kappa shape index (κ2) is 1.65. The van der Waals surface area contributed by atoms with E-state index in [1.807, 2.05) is 30.3 Å². The quantitative estimate of drug-likeness (QED) is 0.487. The van der Waals surface area contributed by atoms with Crippen LogP contribution in [0.15, 0.2) is 30.3 Å². The van der Waals surface area contributed by atoms with Crippen molar-refractivity contribution in [2.45, 2.75) is 0 Å². The van der Waals surface area contributed by atoms with Crippen molar-refractivity contribution >= 4 is 5.69 Å². The van der Waals surface area contributed by atoms with Crippen LogP contribution in [0.1, 0.15) is 0 Å². The lowest BCUT2D eigenvalue weighted by molar-refractivity contribution is 1.69. The molecule has 0 aromatic heterocycles. The van der Waals surface area contributed by atoms with Crippen LogP contribution in [0.2, 0.25) is 0 Å². The van der Waals surface area contributed by atoms with Crippen molar-refractivity contribution in [2.75, 3.05) is 5.73 Å². The summed E-state index contributed by atoms with van der Waals surface area (Å²) in [5.41, 5.74) is 6.18. The minimum atomic E-state index is 0.822. The number of nitrogens with two attached hydrogens (primary N) is 1. The zero-order chi connectivity index (χ0) is 5.11. The Balaban J connectivity index is 3.02. The van der Waals surface area contributed by atoms with E-state index >= 15 is 0 Å². The molecule has 0 heterocycles. The Kier molecular flexibility index (Phi) is 0.984. The molecule has 0 bridgehead atoms. The van der Waals surface area contributed by atoms with Gasteiger partial charge in [-0.25, -0.2) is 0 Å². The van der Waals surface area contributed by atoms with E-state index in [1.165, 1.54) is 0 Å². The lowest BCUT2D eigenvalue weighted by atomic mass is 11.3. The van der Waals surface area contributed by atoms with Gasteiger partial charge in [0.05, 0.1) is 0 Å². The maximum Gasteiger partial charge on any atom is 0.0313 e. The molecule has 0 amide bonds. The third-order valence-electron chi connectivity index (χ3n) is 0.800. The summed E-state index contributed by atoms with van der Waals surface area (Å²) in [5.74, 6) is 0. The van der Waals surface area contributed by atoms with Crippen LogP contribution < -0.4 is 5.73 Å². The molecule has 1 aromatic carbocycles. The van der Waals surface area contributed by atoms with Crippen molar-refractivity contribution in [3.63, 3.8) is 0 Å². The van der Waals surface area contributed by atoms with Gasteiger partial charge in [-0.3, -0.25) is 0 Å². The van der Waals surface area contributed by atoms with Crippen LogP contribution in [-0.4, -0.2) is 0 Å². The van der Waals surface area contributed by atoms with Crippen LogP contribution in [-0.2, 0) is 0 Å². The average molecular weight is 99.1 g/mol. The van der Waals surface area contributed by atoms with Gasteiger partial charge in [-0.2, -0.15) is 0 Å². The van der Waals surface area contributed by atoms with E-state index in [4.69, 9.17) is 5.73 Å². The van der Waals surface area contributed by atoms with E-state index < -0.39 is 0 Å². The first-order valence-corrected chi connectivity index (χ1v) is 2.20.